The lowest BCUT2D eigenvalue weighted by Crippen LogP contribution is -2.37. The quantitative estimate of drug-likeness (QED) is 0.342. The number of aromatic nitrogens is 1. The maximum Gasteiger partial charge on any atom is 0.347 e. The number of carboxylic acid groups (broad SMARTS) is 1. The minimum atomic E-state index is -1.29. The Morgan fingerprint density at radius 2 is 1.78 bits per heavy atom. The highest BCUT2D eigenvalue weighted by atomic mass is 16.5. The molecule has 0 aliphatic carbocycles. The molecule has 4 aromatic rings. The zero-order chi connectivity index (χ0) is 22.7. The number of anilines is 2. The summed E-state index contributed by atoms with van der Waals surface area (Å²) >= 11 is 0. The van der Waals surface area contributed by atoms with Crippen molar-refractivity contribution in [1.82, 2.24) is 4.98 Å². The molecule has 164 valence electrons. The number of benzene rings is 3. The lowest BCUT2D eigenvalue weighted by molar-refractivity contribution is -0.152. The molecular formula is C25H25N3O4. The van der Waals surface area contributed by atoms with Crippen LogP contribution in [0.15, 0.2) is 71.1 Å². The Hall–Kier alpha value is -4.00. The molecule has 0 radical (unpaired) electrons. The first-order chi connectivity index (χ1) is 15.3. The van der Waals surface area contributed by atoms with E-state index in [2.05, 4.69) is 10.3 Å². The smallest absolute Gasteiger partial charge is 0.347 e. The van der Waals surface area contributed by atoms with E-state index in [1.165, 1.54) is 13.8 Å². The fourth-order valence-corrected chi connectivity index (χ4v) is 3.32. The number of para-hydroxylation sites is 2. The van der Waals surface area contributed by atoms with E-state index in [9.17, 15) is 9.90 Å². The SMILES string of the molecule is CC(C)(Oc1ccc(CNc2nc3c(Cc4ccccc4N)cccc3o2)cc1)C(=O)O. The molecular weight excluding hydrogens is 406 g/mol. The Labute approximate surface area is 185 Å². The van der Waals surface area contributed by atoms with Gasteiger partial charge < -0.3 is 25.3 Å². The van der Waals surface area contributed by atoms with Crippen LogP contribution < -0.4 is 15.8 Å². The van der Waals surface area contributed by atoms with Gasteiger partial charge in [-0.3, -0.25) is 0 Å². The number of nitrogen functional groups attached to an aromatic ring is 1. The average Bonchev–Trinajstić information content (AvgIpc) is 3.19. The lowest BCUT2D eigenvalue weighted by atomic mass is 10.0. The van der Waals surface area contributed by atoms with E-state index < -0.39 is 11.6 Å². The number of hydrogen-bond acceptors (Lipinski definition) is 6. The Kier molecular flexibility index (Phi) is 5.73. The lowest BCUT2D eigenvalue weighted by Gasteiger charge is -2.21. The molecule has 0 fully saturated rings. The van der Waals surface area contributed by atoms with Gasteiger partial charge in [-0.15, -0.1) is 0 Å². The monoisotopic (exact) mass is 431 g/mol. The van der Waals surface area contributed by atoms with Crippen molar-refractivity contribution in [2.75, 3.05) is 11.1 Å². The van der Waals surface area contributed by atoms with Gasteiger partial charge in [0.25, 0.3) is 6.01 Å². The molecule has 7 nitrogen and oxygen atoms in total. The third-order valence-electron chi connectivity index (χ3n) is 5.19. The summed E-state index contributed by atoms with van der Waals surface area (Å²) in [5.41, 5.74) is 10.1. The molecule has 0 unspecified atom stereocenters. The molecule has 0 aliphatic heterocycles. The van der Waals surface area contributed by atoms with Gasteiger partial charge in [-0.05, 0) is 54.8 Å². The number of nitrogens with one attached hydrogen (secondary N) is 1. The van der Waals surface area contributed by atoms with Crippen LogP contribution in [0.2, 0.25) is 0 Å². The molecule has 1 heterocycles. The Morgan fingerprint density at radius 3 is 2.50 bits per heavy atom. The first-order valence-electron chi connectivity index (χ1n) is 10.3. The van der Waals surface area contributed by atoms with E-state index in [1.807, 2.05) is 54.6 Å². The van der Waals surface area contributed by atoms with Crippen molar-refractivity contribution in [3.8, 4) is 5.75 Å². The van der Waals surface area contributed by atoms with Gasteiger partial charge in [0.1, 0.15) is 11.3 Å². The molecule has 0 atom stereocenters. The van der Waals surface area contributed by atoms with Crippen molar-refractivity contribution in [2.24, 2.45) is 0 Å². The summed E-state index contributed by atoms with van der Waals surface area (Å²) in [6.45, 7) is 3.52. The maximum atomic E-state index is 11.2. The summed E-state index contributed by atoms with van der Waals surface area (Å²) in [5, 5.41) is 12.4. The third-order valence-corrected chi connectivity index (χ3v) is 5.19. The fourth-order valence-electron chi connectivity index (χ4n) is 3.32. The second kappa shape index (κ2) is 8.63. The molecule has 0 amide bonds. The van der Waals surface area contributed by atoms with E-state index in [1.54, 1.807) is 12.1 Å². The van der Waals surface area contributed by atoms with Crippen LogP contribution in [0.3, 0.4) is 0 Å². The maximum absolute atomic E-state index is 11.2. The normalized spacial score (nSPS) is 11.4. The van der Waals surface area contributed by atoms with Gasteiger partial charge in [0.15, 0.2) is 11.2 Å². The largest absolute Gasteiger partial charge is 0.478 e. The number of nitrogens with zero attached hydrogens (tertiary/aromatic N) is 1. The van der Waals surface area contributed by atoms with Crippen molar-refractivity contribution < 1.29 is 19.1 Å². The van der Waals surface area contributed by atoms with E-state index in [0.29, 0.717) is 30.3 Å². The van der Waals surface area contributed by atoms with Crippen LogP contribution in [-0.2, 0) is 17.8 Å². The molecule has 3 aromatic carbocycles. The first-order valence-corrected chi connectivity index (χ1v) is 10.3. The highest BCUT2D eigenvalue weighted by Crippen LogP contribution is 2.26. The van der Waals surface area contributed by atoms with Gasteiger partial charge in [-0.1, -0.05) is 42.5 Å². The van der Waals surface area contributed by atoms with Crippen molar-refractivity contribution in [3.63, 3.8) is 0 Å². The summed E-state index contributed by atoms with van der Waals surface area (Å²) in [5.74, 6) is -0.527. The molecule has 0 saturated carbocycles. The van der Waals surface area contributed by atoms with E-state index in [-0.39, 0.29) is 0 Å². The summed E-state index contributed by atoms with van der Waals surface area (Å²) in [6, 6.07) is 21.3. The Bertz CT molecular complexity index is 1250. The second-order valence-corrected chi connectivity index (χ2v) is 8.07. The molecule has 0 spiro atoms. The van der Waals surface area contributed by atoms with Crippen LogP contribution in [0.25, 0.3) is 11.1 Å². The predicted octanol–water partition coefficient (Wildman–Crippen LogP) is 4.85. The molecule has 32 heavy (non-hydrogen) atoms. The summed E-state index contributed by atoms with van der Waals surface area (Å²) < 4.78 is 11.4. The van der Waals surface area contributed by atoms with Gasteiger partial charge >= 0.3 is 5.97 Å². The fraction of sp³-hybridized carbons (Fsp3) is 0.200. The Morgan fingerprint density at radius 1 is 1.06 bits per heavy atom. The Balaban J connectivity index is 1.45. The summed E-state index contributed by atoms with van der Waals surface area (Å²) in [7, 11) is 0. The first kappa shape index (κ1) is 21.2. The number of carboxylic acids is 1. The molecule has 4 rings (SSSR count). The summed E-state index contributed by atoms with van der Waals surface area (Å²) in [4.78, 5) is 15.8. The van der Waals surface area contributed by atoms with Crippen molar-refractivity contribution >= 4 is 28.8 Å². The third kappa shape index (κ3) is 4.67. The number of fused-ring (bicyclic) bond motifs is 1. The van der Waals surface area contributed by atoms with Crippen LogP contribution in [0.5, 0.6) is 5.75 Å². The zero-order valence-electron chi connectivity index (χ0n) is 18.0. The topological polar surface area (TPSA) is 111 Å². The van der Waals surface area contributed by atoms with Crippen molar-refractivity contribution in [2.45, 2.75) is 32.4 Å². The van der Waals surface area contributed by atoms with Crippen LogP contribution in [0, 0.1) is 0 Å². The van der Waals surface area contributed by atoms with Gasteiger partial charge in [0.05, 0.1) is 0 Å². The minimum absolute atomic E-state index is 0.431. The van der Waals surface area contributed by atoms with E-state index >= 15 is 0 Å². The standard InChI is InChI=1S/C25H25N3O4/c1-25(2,23(29)30)32-19-12-10-16(11-13-19)15-27-24-28-22-18(7-5-9-21(22)31-24)14-17-6-3-4-8-20(17)26/h3-13H,14-15,26H2,1-2H3,(H,27,28)(H,29,30). The predicted molar refractivity (Wildman–Crippen MR) is 124 cm³/mol. The number of rotatable bonds is 8. The van der Waals surface area contributed by atoms with E-state index in [0.717, 1.165) is 27.9 Å². The van der Waals surface area contributed by atoms with Crippen molar-refractivity contribution in [1.29, 1.82) is 0 Å². The average molecular weight is 431 g/mol. The van der Waals surface area contributed by atoms with Crippen LogP contribution in [0.4, 0.5) is 11.7 Å². The molecule has 0 aliphatic rings. The van der Waals surface area contributed by atoms with Crippen LogP contribution in [0.1, 0.15) is 30.5 Å². The van der Waals surface area contributed by atoms with E-state index in [4.69, 9.17) is 14.9 Å². The van der Waals surface area contributed by atoms with Gasteiger partial charge in [-0.2, -0.15) is 4.98 Å². The number of hydrogen-bond donors (Lipinski definition) is 3. The van der Waals surface area contributed by atoms with Gasteiger partial charge in [0.2, 0.25) is 0 Å². The molecule has 0 saturated heterocycles. The van der Waals surface area contributed by atoms with Crippen molar-refractivity contribution in [3.05, 3.63) is 83.4 Å². The number of aliphatic carboxylic acids is 1. The number of carbonyl (C=O) groups is 1. The van der Waals surface area contributed by atoms with Crippen LogP contribution in [-0.4, -0.2) is 21.7 Å². The van der Waals surface area contributed by atoms with Gasteiger partial charge in [-0.25, -0.2) is 4.79 Å². The van der Waals surface area contributed by atoms with Gasteiger partial charge in [0, 0.05) is 18.7 Å². The highest BCUT2D eigenvalue weighted by Gasteiger charge is 2.29. The number of nitrogens with two attached hydrogens (primary N) is 1. The minimum Gasteiger partial charge on any atom is -0.478 e. The number of oxazole rings is 1. The number of ether oxygens (including phenoxy) is 1. The molecule has 4 N–H and O–H groups in total. The molecule has 7 heteroatoms. The molecule has 1 aromatic heterocycles. The zero-order valence-corrected chi connectivity index (χ0v) is 18.0. The highest BCUT2D eigenvalue weighted by molar-refractivity contribution is 5.79. The second-order valence-electron chi connectivity index (χ2n) is 8.07. The van der Waals surface area contributed by atoms with Crippen LogP contribution >= 0.6 is 0 Å². The molecule has 0 bridgehead atoms. The summed E-state index contributed by atoms with van der Waals surface area (Å²) in [6.07, 6.45) is 0.671.